The molecule has 0 heterocycles. The zero-order chi connectivity index (χ0) is 13.6. The van der Waals surface area contributed by atoms with Crippen LogP contribution >= 0.6 is 0 Å². The molecule has 0 radical (unpaired) electrons. The first-order chi connectivity index (χ1) is 9.28. The molecule has 0 bridgehead atoms. The van der Waals surface area contributed by atoms with Crippen LogP contribution in [-0.2, 0) is 0 Å². The summed E-state index contributed by atoms with van der Waals surface area (Å²) in [5, 5.41) is 9.93. The van der Waals surface area contributed by atoms with Crippen LogP contribution in [0.3, 0.4) is 0 Å². The van der Waals surface area contributed by atoms with Crippen molar-refractivity contribution in [2.24, 2.45) is 11.3 Å². The molecule has 0 aromatic rings. The minimum Gasteiger partial charge on any atom is -0.393 e. The van der Waals surface area contributed by atoms with E-state index in [9.17, 15) is 5.11 Å². The van der Waals surface area contributed by atoms with Crippen LogP contribution in [0.4, 0.5) is 0 Å². The fourth-order valence-electron chi connectivity index (χ4n) is 4.28. The van der Waals surface area contributed by atoms with Crippen LogP contribution in [0, 0.1) is 11.3 Å². The molecule has 1 nitrogen and oxygen atoms in total. The van der Waals surface area contributed by atoms with Gasteiger partial charge in [-0.3, -0.25) is 0 Å². The van der Waals surface area contributed by atoms with Crippen LogP contribution in [0.5, 0.6) is 0 Å². The van der Waals surface area contributed by atoms with E-state index in [1.165, 1.54) is 83.5 Å². The van der Waals surface area contributed by atoms with E-state index in [1.54, 1.807) is 0 Å². The molecule has 0 saturated heterocycles. The fraction of sp³-hybridized carbons (Fsp3) is 1.00. The predicted octanol–water partition coefficient (Wildman–Crippen LogP) is 5.46. The Labute approximate surface area is 120 Å². The summed E-state index contributed by atoms with van der Waals surface area (Å²) in [5.74, 6) is 0.690. The Morgan fingerprint density at radius 1 is 0.947 bits per heavy atom. The van der Waals surface area contributed by atoms with Gasteiger partial charge in [-0.25, -0.2) is 0 Å². The second-order valence-corrected chi connectivity index (χ2v) is 7.21. The molecule has 0 aliphatic heterocycles. The minimum atomic E-state index is 0.0484. The molecule has 2 fully saturated rings. The van der Waals surface area contributed by atoms with Gasteiger partial charge in [0.2, 0.25) is 0 Å². The monoisotopic (exact) mass is 266 g/mol. The highest BCUT2D eigenvalue weighted by molar-refractivity contribution is 5.07. The number of aliphatic hydroxyl groups excluding tert-OH is 1. The molecule has 19 heavy (non-hydrogen) atoms. The molecular weight excluding hydrogens is 232 g/mol. The molecule has 0 spiro atoms. The number of hydrogen-bond donors (Lipinski definition) is 1. The van der Waals surface area contributed by atoms with Gasteiger partial charge < -0.3 is 5.11 Å². The van der Waals surface area contributed by atoms with Crippen molar-refractivity contribution in [1.29, 1.82) is 0 Å². The van der Waals surface area contributed by atoms with Gasteiger partial charge in [-0.15, -0.1) is 0 Å². The van der Waals surface area contributed by atoms with E-state index in [2.05, 4.69) is 6.92 Å². The lowest BCUT2D eigenvalue weighted by Gasteiger charge is -2.25. The highest BCUT2D eigenvalue weighted by Gasteiger charge is 2.57. The van der Waals surface area contributed by atoms with Crippen molar-refractivity contribution in [2.75, 3.05) is 0 Å². The zero-order valence-electron chi connectivity index (χ0n) is 13.0. The molecule has 1 heteroatoms. The van der Waals surface area contributed by atoms with Crippen LogP contribution in [0.15, 0.2) is 0 Å². The molecule has 2 aliphatic rings. The first-order valence-corrected chi connectivity index (χ1v) is 8.96. The summed E-state index contributed by atoms with van der Waals surface area (Å²) < 4.78 is 0. The van der Waals surface area contributed by atoms with E-state index in [-0.39, 0.29) is 6.10 Å². The lowest BCUT2D eigenvalue weighted by atomic mass is 9.83. The highest BCUT2D eigenvalue weighted by Crippen LogP contribution is 2.64. The van der Waals surface area contributed by atoms with Gasteiger partial charge in [-0.05, 0) is 37.0 Å². The first-order valence-electron chi connectivity index (χ1n) is 8.96. The van der Waals surface area contributed by atoms with E-state index in [4.69, 9.17) is 0 Å². The van der Waals surface area contributed by atoms with Gasteiger partial charge in [0.15, 0.2) is 0 Å². The summed E-state index contributed by atoms with van der Waals surface area (Å²) in [6.45, 7) is 2.28. The number of unbranched alkanes of at least 4 members (excludes halogenated alkanes) is 8. The normalized spacial score (nSPS) is 33.2. The second-order valence-electron chi connectivity index (χ2n) is 7.21. The predicted molar refractivity (Wildman–Crippen MR) is 82.2 cm³/mol. The number of fused-ring (bicyclic) bond motifs is 1. The molecule has 0 aromatic heterocycles. The smallest absolute Gasteiger partial charge is 0.0573 e. The van der Waals surface area contributed by atoms with E-state index < -0.39 is 0 Å². The van der Waals surface area contributed by atoms with Crippen molar-refractivity contribution in [2.45, 2.75) is 103 Å². The van der Waals surface area contributed by atoms with Crippen LogP contribution in [0.25, 0.3) is 0 Å². The Bertz CT molecular complexity index is 250. The lowest BCUT2D eigenvalue weighted by Crippen LogP contribution is -2.21. The van der Waals surface area contributed by atoms with Gasteiger partial charge in [-0.1, -0.05) is 71.1 Å². The Hall–Kier alpha value is -0.0400. The third kappa shape index (κ3) is 4.48. The van der Waals surface area contributed by atoms with Gasteiger partial charge >= 0.3 is 0 Å². The maximum atomic E-state index is 9.93. The average Bonchev–Trinajstić information content (AvgIpc) is 3.13. The van der Waals surface area contributed by atoms with Gasteiger partial charge in [0.05, 0.1) is 6.10 Å². The van der Waals surface area contributed by atoms with E-state index in [0.717, 1.165) is 6.42 Å². The van der Waals surface area contributed by atoms with E-state index in [1.807, 2.05) is 0 Å². The van der Waals surface area contributed by atoms with Gasteiger partial charge in [0.1, 0.15) is 0 Å². The van der Waals surface area contributed by atoms with E-state index >= 15 is 0 Å². The van der Waals surface area contributed by atoms with Crippen molar-refractivity contribution in [1.82, 2.24) is 0 Å². The standard InChI is InChI=1S/C18H34O/c1-2-3-4-5-6-7-8-9-10-13-18-14-11-12-17(19)16(18)15-18/h16-17,19H,2-15H2,1H3/t16-,17-,18-/m1/s1. The second kappa shape index (κ2) is 7.67. The van der Waals surface area contributed by atoms with Crippen LogP contribution < -0.4 is 0 Å². The summed E-state index contributed by atoms with van der Waals surface area (Å²) >= 11 is 0. The molecular formula is C18H34O. The summed E-state index contributed by atoms with van der Waals surface area (Å²) in [6, 6.07) is 0. The molecule has 2 rings (SSSR count). The number of hydrogen-bond acceptors (Lipinski definition) is 1. The van der Waals surface area contributed by atoms with Gasteiger partial charge in [0, 0.05) is 0 Å². The molecule has 0 amide bonds. The van der Waals surface area contributed by atoms with Gasteiger partial charge in [0.25, 0.3) is 0 Å². The molecule has 3 atom stereocenters. The van der Waals surface area contributed by atoms with Crippen molar-refractivity contribution in [3.8, 4) is 0 Å². The van der Waals surface area contributed by atoms with Crippen molar-refractivity contribution >= 4 is 0 Å². The van der Waals surface area contributed by atoms with Crippen LogP contribution in [-0.4, -0.2) is 11.2 Å². The van der Waals surface area contributed by atoms with E-state index in [0.29, 0.717) is 11.3 Å². The van der Waals surface area contributed by atoms with Gasteiger partial charge in [-0.2, -0.15) is 0 Å². The SMILES string of the molecule is CCCCCCCCCCC[C@]12CCC[C@@H](O)[C@H]1C2. The Kier molecular flexibility index (Phi) is 6.19. The maximum Gasteiger partial charge on any atom is 0.0573 e. The van der Waals surface area contributed by atoms with Crippen molar-refractivity contribution < 1.29 is 5.11 Å². The van der Waals surface area contributed by atoms with Crippen molar-refractivity contribution in [3.05, 3.63) is 0 Å². The fourth-order valence-corrected chi connectivity index (χ4v) is 4.28. The van der Waals surface area contributed by atoms with Crippen LogP contribution in [0.1, 0.15) is 96.8 Å². The van der Waals surface area contributed by atoms with Crippen molar-refractivity contribution in [3.63, 3.8) is 0 Å². The Balaban J connectivity index is 1.43. The maximum absolute atomic E-state index is 9.93. The summed E-state index contributed by atoms with van der Waals surface area (Å²) in [5.41, 5.74) is 0.610. The molecule has 2 aliphatic carbocycles. The molecule has 1 N–H and O–H groups in total. The third-order valence-corrected chi connectivity index (χ3v) is 5.67. The topological polar surface area (TPSA) is 20.2 Å². The minimum absolute atomic E-state index is 0.0484. The largest absolute Gasteiger partial charge is 0.393 e. The summed E-state index contributed by atoms with van der Waals surface area (Å²) in [4.78, 5) is 0. The molecule has 112 valence electrons. The molecule has 0 unspecified atom stereocenters. The summed E-state index contributed by atoms with van der Waals surface area (Å²) in [7, 11) is 0. The number of rotatable bonds is 10. The average molecular weight is 266 g/mol. The Morgan fingerprint density at radius 3 is 2.26 bits per heavy atom. The first kappa shape index (κ1) is 15.4. The third-order valence-electron chi connectivity index (χ3n) is 5.67. The van der Waals surface area contributed by atoms with Crippen LogP contribution in [0.2, 0.25) is 0 Å². The summed E-state index contributed by atoms with van der Waals surface area (Å²) in [6.07, 6.45) is 19.4. The molecule has 0 aromatic carbocycles. The number of aliphatic hydroxyl groups is 1. The highest BCUT2D eigenvalue weighted by atomic mass is 16.3. The quantitative estimate of drug-likeness (QED) is 0.521. The zero-order valence-corrected chi connectivity index (χ0v) is 13.0. The Morgan fingerprint density at radius 2 is 1.58 bits per heavy atom. The molecule has 2 saturated carbocycles. The lowest BCUT2D eigenvalue weighted by molar-refractivity contribution is 0.0896.